The third-order valence-corrected chi connectivity index (χ3v) is 4.70. The number of rotatable bonds is 17. The smallest absolute Gasteiger partial charge is 0.161 e. The minimum Gasteiger partial charge on any atom is -0.490 e. The van der Waals surface area contributed by atoms with Crippen LogP contribution in [0.3, 0.4) is 0 Å². The summed E-state index contributed by atoms with van der Waals surface area (Å²) in [5, 5.41) is 9.37. The first-order chi connectivity index (χ1) is 12.8. The third-order valence-electron chi connectivity index (χ3n) is 4.70. The molecule has 0 saturated carbocycles. The standard InChI is InChI=1S/C23H40O3/c1-3-5-7-9-11-13-17-25-22-16-15-21(20-24)19-23(22)26-18-14-12-10-8-6-4-2/h15-16,19,24H,3-14,17-18,20H2,1-2H3. The van der Waals surface area contributed by atoms with E-state index in [1.807, 2.05) is 18.2 Å². The van der Waals surface area contributed by atoms with Gasteiger partial charge in [0.15, 0.2) is 11.5 Å². The van der Waals surface area contributed by atoms with Crippen LogP contribution in [0, 0.1) is 0 Å². The molecule has 1 N–H and O–H groups in total. The second-order valence-corrected chi connectivity index (χ2v) is 7.17. The summed E-state index contributed by atoms with van der Waals surface area (Å²) in [4.78, 5) is 0. The van der Waals surface area contributed by atoms with Crippen molar-refractivity contribution >= 4 is 0 Å². The molecule has 0 heterocycles. The summed E-state index contributed by atoms with van der Waals surface area (Å²) < 4.78 is 11.9. The summed E-state index contributed by atoms with van der Waals surface area (Å²) in [5.74, 6) is 1.58. The molecule has 0 aliphatic rings. The second kappa shape index (κ2) is 16.0. The average molecular weight is 365 g/mol. The van der Waals surface area contributed by atoms with Crippen LogP contribution in [0.5, 0.6) is 11.5 Å². The van der Waals surface area contributed by atoms with Crippen molar-refractivity contribution in [1.82, 2.24) is 0 Å². The zero-order chi connectivity index (χ0) is 18.9. The zero-order valence-electron chi connectivity index (χ0n) is 17.1. The molecule has 3 nitrogen and oxygen atoms in total. The summed E-state index contributed by atoms with van der Waals surface area (Å²) in [6.07, 6.45) is 15.1. The van der Waals surface area contributed by atoms with E-state index < -0.39 is 0 Å². The molecule has 3 heteroatoms. The van der Waals surface area contributed by atoms with E-state index >= 15 is 0 Å². The van der Waals surface area contributed by atoms with Gasteiger partial charge in [-0.15, -0.1) is 0 Å². The molecule has 0 aromatic heterocycles. The maximum atomic E-state index is 9.37. The van der Waals surface area contributed by atoms with Crippen molar-refractivity contribution in [2.45, 2.75) is 97.5 Å². The van der Waals surface area contributed by atoms with E-state index in [-0.39, 0.29) is 6.61 Å². The van der Waals surface area contributed by atoms with Crippen LogP contribution in [-0.2, 0) is 6.61 Å². The Morgan fingerprint density at radius 2 is 1.15 bits per heavy atom. The molecule has 0 aliphatic heterocycles. The number of aliphatic hydroxyl groups is 1. The predicted octanol–water partition coefficient (Wildman–Crippen LogP) is 6.66. The summed E-state index contributed by atoms with van der Waals surface area (Å²) in [6, 6.07) is 5.75. The molecule has 150 valence electrons. The van der Waals surface area contributed by atoms with Gasteiger partial charge in [-0.3, -0.25) is 0 Å². The first-order valence-electron chi connectivity index (χ1n) is 10.8. The lowest BCUT2D eigenvalue weighted by Crippen LogP contribution is -2.03. The molecular formula is C23H40O3. The third kappa shape index (κ3) is 10.7. The maximum absolute atomic E-state index is 9.37. The Balaban J connectivity index is 2.32. The Labute approximate surface area is 161 Å². The highest BCUT2D eigenvalue weighted by atomic mass is 16.5. The monoisotopic (exact) mass is 364 g/mol. The van der Waals surface area contributed by atoms with Crippen LogP contribution in [0.4, 0.5) is 0 Å². The zero-order valence-corrected chi connectivity index (χ0v) is 17.1. The molecule has 0 radical (unpaired) electrons. The lowest BCUT2D eigenvalue weighted by atomic mass is 10.1. The van der Waals surface area contributed by atoms with Crippen LogP contribution in [0.1, 0.15) is 96.5 Å². The molecule has 1 aromatic carbocycles. The van der Waals surface area contributed by atoms with Crippen LogP contribution in [0.25, 0.3) is 0 Å². The van der Waals surface area contributed by atoms with Crippen molar-refractivity contribution in [3.63, 3.8) is 0 Å². The second-order valence-electron chi connectivity index (χ2n) is 7.17. The molecule has 0 bridgehead atoms. The highest BCUT2D eigenvalue weighted by Crippen LogP contribution is 2.29. The molecule has 1 rings (SSSR count). The van der Waals surface area contributed by atoms with Gasteiger partial charge < -0.3 is 14.6 Å². The predicted molar refractivity (Wildman–Crippen MR) is 110 cm³/mol. The van der Waals surface area contributed by atoms with Gasteiger partial charge in [-0.05, 0) is 30.5 Å². The van der Waals surface area contributed by atoms with Crippen molar-refractivity contribution in [1.29, 1.82) is 0 Å². The van der Waals surface area contributed by atoms with E-state index in [1.165, 1.54) is 64.2 Å². The van der Waals surface area contributed by atoms with Crippen LogP contribution >= 0.6 is 0 Å². The number of unbranched alkanes of at least 4 members (excludes halogenated alkanes) is 10. The molecule has 1 aromatic rings. The number of hydrogen-bond donors (Lipinski definition) is 1. The van der Waals surface area contributed by atoms with Crippen molar-refractivity contribution in [2.24, 2.45) is 0 Å². The van der Waals surface area contributed by atoms with Gasteiger partial charge in [0.1, 0.15) is 0 Å². The fourth-order valence-corrected chi connectivity index (χ4v) is 3.01. The summed E-state index contributed by atoms with van der Waals surface area (Å²) >= 11 is 0. The van der Waals surface area contributed by atoms with Crippen LogP contribution < -0.4 is 9.47 Å². The Hall–Kier alpha value is -1.22. The summed E-state index contributed by atoms with van der Waals surface area (Å²) in [6.45, 7) is 5.97. The van der Waals surface area contributed by atoms with E-state index in [2.05, 4.69) is 13.8 Å². The highest BCUT2D eigenvalue weighted by Gasteiger charge is 2.07. The van der Waals surface area contributed by atoms with Gasteiger partial charge in [0.2, 0.25) is 0 Å². The number of ether oxygens (including phenoxy) is 2. The lowest BCUT2D eigenvalue weighted by molar-refractivity contribution is 0.254. The highest BCUT2D eigenvalue weighted by molar-refractivity contribution is 5.42. The van der Waals surface area contributed by atoms with Crippen molar-refractivity contribution < 1.29 is 14.6 Å². The number of hydrogen-bond acceptors (Lipinski definition) is 3. The van der Waals surface area contributed by atoms with E-state index in [9.17, 15) is 5.11 Å². The fraction of sp³-hybridized carbons (Fsp3) is 0.739. The van der Waals surface area contributed by atoms with Gasteiger partial charge in [-0.2, -0.15) is 0 Å². The van der Waals surface area contributed by atoms with Gasteiger partial charge in [0.25, 0.3) is 0 Å². The summed E-state index contributed by atoms with van der Waals surface area (Å²) in [7, 11) is 0. The van der Waals surface area contributed by atoms with E-state index in [1.54, 1.807) is 0 Å². The quantitative estimate of drug-likeness (QED) is 0.314. The first-order valence-corrected chi connectivity index (χ1v) is 10.8. The average Bonchev–Trinajstić information content (AvgIpc) is 2.67. The van der Waals surface area contributed by atoms with Crippen LogP contribution in [-0.4, -0.2) is 18.3 Å². The molecule has 0 aliphatic carbocycles. The largest absolute Gasteiger partial charge is 0.490 e. The Bertz CT molecular complexity index is 445. The Morgan fingerprint density at radius 1 is 0.654 bits per heavy atom. The molecular weight excluding hydrogens is 324 g/mol. The maximum Gasteiger partial charge on any atom is 0.161 e. The molecule has 0 spiro atoms. The van der Waals surface area contributed by atoms with Crippen LogP contribution in [0.2, 0.25) is 0 Å². The van der Waals surface area contributed by atoms with E-state index in [0.717, 1.165) is 36.5 Å². The van der Waals surface area contributed by atoms with Gasteiger partial charge >= 0.3 is 0 Å². The van der Waals surface area contributed by atoms with Gasteiger partial charge in [-0.25, -0.2) is 0 Å². The fourth-order valence-electron chi connectivity index (χ4n) is 3.01. The Kier molecular flexibility index (Phi) is 14.0. The number of aliphatic hydroxyl groups excluding tert-OH is 1. The molecule has 0 fully saturated rings. The normalized spacial score (nSPS) is 10.9. The van der Waals surface area contributed by atoms with E-state index in [0.29, 0.717) is 6.61 Å². The minimum absolute atomic E-state index is 0.0328. The van der Waals surface area contributed by atoms with E-state index in [4.69, 9.17) is 9.47 Å². The Morgan fingerprint density at radius 3 is 1.69 bits per heavy atom. The number of benzene rings is 1. The molecule has 0 amide bonds. The van der Waals surface area contributed by atoms with Gasteiger partial charge in [-0.1, -0.05) is 84.1 Å². The topological polar surface area (TPSA) is 38.7 Å². The summed E-state index contributed by atoms with van der Waals surface area (Å²) in [5.41, 5.74) is 0.870. The first kappa shape index (κ1) is 22.8. The molecule has 0 atom stereocenters. The molecule has 26 heavy (non-hydrogen) atoms. The minimum atomic E-state index is 0.0328. The molecule has 0 unspecified atom stereocenters. The van der Waals surface area contributed by atoms with Crippen molar-refractivity contribution in [3.05, 3.63) is 23.8 Å². The van der Waals surface area contributed by atoms with Crippen LogP contribution in [0.15, 0.2) is 18.2 Å². The van der Waals surface area contributed by atoms with Gasteiger partial charge in [0, 0.05) is 0 Å². The van der Waals surface area contributed by atoms with Crippen molar-refractivity contribution in [3.8, 4) is 11.5 Å². The SMILES string of the molecule is CCCCCCCCOc1ccc(CO)cc1OCCCCCCCC. The van der Waals surface area contributed by atoms with Crippen molar-refractivity contribution in [2.75, 3.05) is 13.2 Å². The lowest BCUT2D eigenvalue weighted by Gasteiger charge is -2.14. The molecule has 0 saturated heterocycles. The van der Waals surface area contributed by atoms with Gasteiger partial charge in [0.05, 0.1) is 19.8 Å².